The number of benzene rings is 1. The first-order chi connectivity index (χ1) is 18.6. The summed E-state index contributed by atoms with van der Waals surface area (Å²) < 4.78 is 5.46. The van der Waals surface area contributed by atoms with Gasteiger partial charge in [0.25, 0.3) is 5.91 Å². The van der Waals surface area contributed by atoms with Crippen LogP contribution < -0.4 is 10.1 Å². The van der Waals surface area contributed by atoms with Gasteiger partial charge in [-0.2, -0.15) is 0 Å². The summed E-state index contributed by atoms with van der Waals surface area (Å²) in [4.78, 5) is 43.1. The summed E-state index contributed by atoms with van der Waals surface area (Å²) in [6.07, 6.45) is 9.36. The second-order valence-corrected chi connectivity index (χ2v) is 9.90. The number of anilines is 1. The van der Waals surface area contributed by atoms with E-state index < -0.39 is 6.09 Å². The van der Waals surface area contributed by atoms with Crippen molar-refractivity contribution in [3.63, 3.8) is 0 Å². The minimum absolute atomic E-state index is 0.202. The summed E-state index contributed by atoms with van der Waals surface area (Å²) in [6, 6.07) is 11.0. The molecule has 4 heterocycles. The summed E-state index contributed by atoms with van der Waals surface area (Å²) >= 11 is 0. The lowest BCUT2D eigenvalue weighted by molar-refractivity contribution is 0.102. The molecule has 2 aromatic heterocycles. The normalized spacial score (nSPS) is 16.8. The minimum Gasteiger partial charge on any atom is -0.391 e. The quantitative estimate of drug-likeness (QED) is 0.472. The van der Waals surface area contributed by atoms with Crippen LogP contribution in [0.3, 0.4) is 0 Å². The van der Waals surface area contributed by atoms with Crippen molar-refractivity contribution in [3.8, 4) is 5.88 Å². The van der Waals surface area contributed by atoms with Gasteiger partial charge in [-0.1, -0.05) is 18.6 Å². The van der Waals surface area contributed by atoms with Crippen molar-refractivity contribution in [2.24, 2.45) is 0 Å². The number of hydrogen-bond acceptors (Lipinski definition) is 7. The maximum absolute atomic E-state index is 12.7. The Balaban J connectivity index is 1.05. The van der Waals surface area contributed by atoms with Crippen LogP contribution >= 0.6 is 0 Å². The van der Waals surface area contributed by atoms with Gasteiger partial charge in [0, 0.05) is 69.2 Å². The van der Waals surface area contributed by atoms with E-state index in [1.807, 2.05) is 30.5 Å². The van der Waals surface area contributed by atoms with Crippen molar-refractivity contribution in [2.45, 2.75) is 32.2 Å². The highest BCUT2D eigenvalue weighted by atomic mass is 16.6. The van der Waals surface area contributed by atoms with Crippen LogP contribution in [0.1, 0.15) is 40.9 Å². The second kappa shape index (κ2) is 12.7. The molecule has 38 heavy (non-hydrogen) atoms. The number of aromatic amines is 1. The Hall–Kier alpha value is -3.76. The predicted molar refractivity (Wildman–Crippen MR) is 144 cm³/mol. The Labute approximate surface area is 223 Å². The number of H-pyrrole nitrogens is 1. The van der Waals surface area contributed by atoms with Gasteiger partial charge in [-0.3, -0.25) is 14.6 Å². The number of piperidine rings is 1. The fourth-order valence-electron chi connectivity index (χ4n) is 4.86. The Morgan fingerprint density at radius 2 is 1.68 bits per heavy atom. The molecule has 10 nitrogen and oxygen atoms in total. The van der Waals surface area contributed by atoms with Crippen LogP contribution in [0, 0.1) is 0 Å². The van der Waals surface area contributed by atoms with Crippen LogP contribution in [0.4, 0.5) is 10.5 Å². The third-order valence-corrected chi connectivity index (χ3v) is 7.14. The van der Waals surface area contributed by atoms with E-state index in [1.165, 1.54) is 31.0 Å². The van der Waals surface area contributed by atoms with E-state index in [9.17, 15) is 9.59 Å². The predicted octanol–water partition coefficient (Wildman–Crippen LogP) is 3.40. The van der Waals surface area contributed by atoms with Crippen molar-refractivity contribution in [1.29, 1.82) is 0 Å². The number of amides is 2. The van der Waals surface area contributed by atoms with Gasteiger partial charge in [-0.15, -0.1) is 0 Å². The summed E-state index contributed by atoms with van der Waals surface area (Å²) in [6.45, 7) is 6.92. The molecule has 0 spiro atoms. The average molecular weight is 518 g/mol. The molecule has 1 aromatic carbocycles. The number of carbonyl (C=O) groups is 2. The van der Waals surface area contributed by atoms with E-state index in [1.54, 1.807) is 23.4 Å². The smallest absolute Gasteiger partial charge is 0.391 e. The van der Waals surface area contributed by atoms with Gasteiger partial charge >= 0.3 is 6.09 Å². The Kier molecular flexibility index (Phi) is 8.62. The number of likely N-dealkylation sites (tertiary alicyclic amines) is 1. The van der Waals surface area contributed by atoms with Gasteiger partial charge in [0.05, 0.1) is 18.2 Å². The molecule has 0 radical (unpaired) electrons. The first-order valence-corrected chi connectivity index (χ1v) is 13.4. The van der Waals surface area contributed by atoms with Gasteiger partial charge in [-0.25, -0.2) is 14.8 Å². The molecule has 0 aliphatic carbocycles. The van der Waals surface area contributed by atoms with E-state index in [0.717, 1.165) is 51.4 Å². The fraction of sp³-hybridized carbons (Fsp3) is 0.429. The Bertz CT molecular complexity index is 1170. The van der Waals surface area contributed by atoms with Crippen molar-refractivity contribution >= 4 is 17.7 Å². The molecule has 0 atom stereocenters. The summed E-state index contributed by atoms with van der Waals surface area (Å²) in [7, 11) is 0. The molecule has 2 saturated heterocycles. The number of piperazine rings is 1. The van der Waals surface area contributed by atoms with E-state index in [4.69, 9.17) is 4.74 Å². The molecule has 2 fully saturated rings. The number of pyridine rings is 1. The van der Waals surface area contributed by atoms with E-state index in [0.29, 0.717) is 24.3 Å². The van der Waals surface area contributed by atoms with Crippen molar-refractivity contribution in [2.75, 3.05) is 51.1 Å². The van der Waals surface area contributed by atoms with Crippen LogP contribution in [0.5, 0.6) is 5.88 Å². The maximum atomic E-state index is 12.7. The molecule has 2 amide bonds. The van der Waals surface area contributed by atoms with Crippen LogP contribution in [0.15, 0.2) is 55.1 Å². The highest BCUT2D eigenvalue weighted by molar-refractivity contribution is 6.04. The summed E-state index contributed by atoms with van der Waals surface area (Å²) in [5, 5.41) is 2.86. The number of carbonyl (C=O) groups excluding carboxylic acids is 2. The molecule has 2 N–H and O–H groups in total. The second-order valence-electron chi connectivity index (χ2n) is 9.90. The van der Waals surface area contributed by atoms with Gasteiger partial charge in [-0.05, 0) is 49.7 Å². The number of nitrogens with zero attached hydrogens (tertiary/aromatic N) is 5. The molecule has 2 aliphatic heterocycles. The zero-order chi connectivity index (χ0) is 26.2. The van der Waals surface area contributed by atoms with Gasteiger partial charge in [0.2, 0.25) is 5.88 Å². The summed E-state index contributed by atoms with van der Waals surface area (Å²) in [5.74, 6) is 0.00297. The van der Waals surface area contributed by atoms with Crippen molar-refractivity contribution in [1.82, 2.24) is 29.7 Å². The molecule has 3 aromatic rings. The van der Waals surface area contributed by atoms with Crippen LogP contribution in [0.2, 0.25) is 0 Å². The molecule has 0 bridgehead atoms. The number of aromatic nitrogens is 3. The van der Waals surface area contributed by atoms with E-state index in [2.05, 4.69) is 30.1 Å². The Morgan fingerprint density at radius 3 is 2.37 bits per heavy atom. The zero-order valence-corrected chi connectivity index (χ0v) is 21.6. The van der Waals surface area contributed by atoms with Crippen molar-refractivity contribution in [3.05, 3.63) is 71.9 Å². The number of nitrogens with one attached hydrogen (secondary N) is 2. The van der Waals surface area contributed by atoms with E-state index >= 15 is 0 Å². The van der Waals surface area contributed by atoms with Crippen LogP contribution in [-0.4, -0.2) is 87.5 Å². The fourth-order valence-corrected chi connectivity index (χ4v) is 4.86. The number of imidazole rings is 1. The lowest BCUT2D eigenvalue weighted by Gasteiger charge is -2.33. The van der Waals surface area contributed by atoms with Gasteiger partial charge in [0.1, 0.15) is 0 Å². The van der Waals surface area contributed by atoms with Gasteiger partial charge in [0.15, 0.2) is 0 Å². The standard InChI is InChI=1S/C28H35N7O3/c36-27(23-6-4-22(5-7-23)20-34-11-2-1-3-12-34)32-25-8-9-26(30-19-25)38-28(37)35-16-14-33(15-17-35)13-10-24-18-29-21-31-24/h4-9,18-19,21H,1-3,10-17,20H2,(H,29,31)(H,32,36). The lowest BCUT2D eigenvalue weighted by Crippen LogP contribution is -2.50. The highest BCUT2D eigenvalue weighted by Gasteiger charge is 2.23. The highest BCUT2D eigenvalue weighted by Crippen LogP contribution is 2.17. The average Bonchev–Trinajstić information content (AvgIpc) is 3.48. The molecule has 200 valence electrons. The largest absolute Gasteiger partial charge is 0.416 e. The van der Waals surface area contributed by atoms with E-state index in [-0.39, 0.29) is 11.8 Å². The monoisotopic (exact) mass is 517 g/mol. The summed E-state index contributed by atoms with van der Waals surface area (Å²) in [5.41, 5.74) is 3.45. The topological polar surface area (TPSA) is 107 Å². The Morgan fingerprint density at radius 1 is 0.895 bits per heavy atom. The SMILES string of the molecule is O=C(Nc1ccc(OC(=O)N2CCN(CCc3cnc[nH]3)CC2)nc1)c1ccc(CN2CCCCC2)cc1. The zero-order valence-electron chi connectivity index (χ0n) is 21.6. The molecular formula is C28H35N7O3. The van der Waals surface area contributed by atoms with Crippen LogP contribution in [-0.2, 0) is 13.0 Å². The molecule has 0 saturated carbocycles. The number of rotatable bonds is 8. The number of ether oxygens (including phenoxy) is 1. The first kappa shape index (κ1) is 25.9. The molecular weight excluding hydrogens is 482 g/mol. The minimum atomic E-state index is -0.410. The lowest BCUT2D eigenvalue weighted by atomic mass is 10.1. The molecule has 10 heteroatoms. The van der Waals surface area contributed by atoms with Crippen LogP contribution in [0.25, 0.3) is 0 Å². The van der Waals surface area contributed by atoms with Gasteiger partial charge < -0.3 is 19.9 Å². The first-order valence-electron chi connectivity index (χ1n) is 13.4. The number of hydrogen-bond donors (Lipinski definition) is 2. The third kappa shape index (κ3) is 7.17. The molecule has 5 rings (SSSR count). The van der Waals surface area contributed by atoms with Crippen molar-refractivity contribution < 1.29 is 14.3 Å². The third-order valence-electron chi connectivity index (χ3n) is 7.14. The molecule has 2 aliphatic rings. The molecule has 0 unspecified atom stereocenters. The maximum Gasteiger partial charge on any atom is 0.416 e.